The summed E-state index contributed by atoms with van der Waals surface area (Å²) >= 11 is 0. The van der Waals surface area contributed by atoms with Gasteiger partial charge in [0.1, 0.15) is 28.6 Å². The second-order valence-electron chi connectivity index (χ2n) is 5.54. The Bertz CT molecular complexity index is 1230. The van der Waals surface area contributed by atoms with Crippen LogP contribution in [0.1, 0.15) is 0 Å². The molecule has 5 aromatic rings. The number of aromatic nitrogens is 5. The van der Waals surface area contributed by atoms with Crippen molar-refractivity contribution in [1.29, 1.82) is 0 Å². The van der Waals surface area contributed by atoms with Crippen LogP contribution < -0.4 is 10.1 Å². The molecule has 3 heterocycles. The van der Waals surface area contributed by atoms with Gasteiger partial charge in [0, 0.05) is 10.9 Å². The SMILES string of the molecule is COc1ccc2[nH]c3c(Nc4cccc5nonc45)ncnc3c2c1. The highest BCUT2D eigenvalue weighted by Gasteiger charge is 2.13. The van der Waals surface area contributed by atoms with Gasteiger partial charge in [-0.3, -0.25) is 0 Å². The van der Waals surface area contributed by atoms with Crippen LogP contribution >= 0.6 is 0 Å². The summed E-state index contributed by atoms with van der Waals surface area (Å²) in [5.74, 6) is 1.43. The molecule has 0 bridgehead atoms. The number of benzene rings is 2. The molecular formula is C17H12N6O2. The number of H-pyrrole nitrogens is 1. The maximum atomic E-state index is 5.31. The van der Waals surface area contributed by atoms with E-state index >= 15 is 0 Å². The van der Waals surface area contributed by atoms with Crippen LogP contribution in [0, 0.1) is 0 Å². The van der Waals surface area contributed by atoms with E-state index in [0.29, 0.717) is 16.9 Å². The number of rotatable bonds is 3. The van der Waals surface area contributed by atoms with Crippen molar-refractivity contribution in [3.05, 3.63) is 42.7 Å². The third-order valence-corrected chi connectivity index (χ3v) is 4.13. The molecule has 0 aliphatic carbocycles. The van der Waals surface area contributed by atoms with Gasteiger partial charge < -0.3 is 15.0 Å². The fraction of sp³-hybridized carbons (Fsp3) is 0.0588. The van der Waals surface area contributed by atoms with E-state index in [1.807, 2.05) is 36.4 Å². The Morgan fingerprint density at radius 1 is 1.08 bits per heavy atom. The van der Waals surface area contributed by atoms with Gasteiger partial charge in [0.15, 0.2) is 11.3 Å². The van der Waals surface area contributed by atoms with Crippen molar-refractivity contribution < 1.29 is 9.37 Å². The second kappa shape index (κ2) is 5.17. The Labute approximate surface area is 140 Å². The number of methoxy groups -OCH3 is 1. The molecule has 2 aromatic carbocycles. The quantitative estimate of drug-likeness (QED) is 0.522. The summed E-state index contributed by atoms with van der Waals surface area (Å²) in [7, 11) is 1.64. The standard InChI is InChI=1S/C17H12N6O2/c1-24-9-5-6-11-10(7-9)14-16(20-11)17(19-8-18-14)21-12-3-2-4-13-15(12)23-25-22-13/h2-8,20H,1H3,(H,18,19,21). The lowest BCUT2D eigenvalue weighted by molar-refractivity contribution is 0.315. The Balaban J connectivity index is 1.70. The third kappa shape index (κ3) is 2.08. The van der Waals surface area contributed by atoms with Crippen molar-refractivity contribution in [2.45, 2.75) is 0 Å². The van der Waals surface area contributed by atoms with E-state index in [2.05, 4.69) is 30.6 Å². The maximum Gasteiger partial charge on any atom is 0.158 e. The summed E-state index contributed by atoms with van der Waals surface area (Å²) in [6, 6.07) is 11.4. The Kier molecular flexibility index (Phi) is 2.84. The normalized spacial score (nSPS) is 11.4. The third-order valence-electron chi connectivity index (χ3n) is 4.13. The zero-order chi connectivity index (χ0) is 16.8. The van der Waals surface area contributed by atoms with Gasteiger partial charge in [-0.1, -0.05) is 6.07 Å². The van der Waals surface area contributed by atoms with Crippen molar-refractivity contribution in [1.82, 2.24) is 25.3 Å². The molecular weight excluding hydrogens is 320 g/mol. The smallest absolute Gasteiger partial charge is 0.158 e. The number of ether oxygens (including phenoxy) is 1. The zero-order valence-corrected chi connectivity index (χ0v) is 13.1. The average molecular weight is 332 g/mol. The minimum absolute atomic E-state index is 0.645. The lowest BCUT2D eigenvalue weighted by Crippen LogP contribution is -1.96. The monoisotopic (exact) mass is 332 g/mol. The highest BCUT2D eigenvalue weighted by molar-refractivity contribution is 6.09. The average Bonchev–Trinajstić information content (AvgIpc) is 3.26. The van der Waals surface area contributed by atoms with Gasteiger partial charge in [-0.05, 0) is 40.6 Å². The van der Waals surface area contributed by atoms with Crippen LogP contribution in [-0.2, 0) is 0 Å². The molecule has 0 radical (unpaired) electrons. The van der Waals surface area contributed by atoms with Gasteiger partial charge >= 0.3 is 0 Å². The summed E-state index contributed by atoms with van der Waals surface area (Å²) in [4.78, 5) is 12.1. The Morgan fingerprint density at radius 3 is 2.96 bits per heavy atom. The van der Waals surface area contributed by atoms with Crippen molar-refractivity contribution in [3.8, 4) is 5.75 Å². The number of hydrogen-bond acceptors (Lipinski definition) is 7. The molecule has 0 aliphatic rings. The summed E-state index contributed by atoms with van der Waals surface area (Å²) in [6.45, 7) is 0. The minimum Gasteiger partial charge on any atom is -0.497 e. The van der Waals surface area contributed by atoms with E-state index in [1.165, 1.54) is 6.33 Å². The zero-order valence-electron chi connectivity index (χ0n) is 13.1. The van der Waals surface area contributed by atoms with E-state index in [0.717, 1.165) is 33.4 Å². The van der Waals surface area contributed by atoms with Crippen LogP contribution in [0.4, 0.5) is 11.5 Å². The highest BCUT2D eigenvalue weighted by atomic mass is 16.6. The minimum atomic E-state index is 0.645. The van der Waals surface area contributed by atoms with Gasteiger partial charge in [-0.25, -0.2) is 14.6 Å². The number of nitrogens with zero attached hydrogens (tertiary/aromatic N) is 4. The molecule has 0 fully saturated rings. The molecule has 0 aliphatic heterocycles. The van der Waals surface area contributed by atoms with Crippen LogP contribution in [0.3, 0.4) is 0 Å². The first-order chi connectivity index (χ1) is 12.3. The van der Waals surface area contributed by atoms with Crippen molar-refractivity contribution >= 4 is 44.5 Å². The van der Waals surface area contributed by atoms with E-state index in [1.54, 1.807) is 7.11 Å². The summed E-state index contributed by atoms with van der Waals surface area (Å²) in [5, 5.41) is 12.1. The molecule has 8 heteroatoms. The number of aromatic amines is 1. The van der Waals surface area contributed by atoms with Crippen molar-refractivity contribution in [2.75, 3.05) is 12.4 Å². The molecule has 8 nitrogen and oxygen atoms in total. The lowest BCUT2D eigenvalue weighted by atomic mass is 10.2. The van der Waals surface area contributed by atoms with E-state index in [-0.39, 0.29) is 0 Å². The second-order valence-corrected chi connectivity index (χ2v) is 5.54. The molecule has 2 N–H and O–H groups in total. The molecule has 0 amide bonds. The Hall–Kier alpha value is -3.68. The molecule has 0 unspecified atom stereocenters. The van der Waals surface area contributed by atoms with Crippen LogP contribution in [0.25, 0.3) is 33.0 Å². The first-order valence-electron chi connectivity index (χ1n) is 7.62. The summed E-state index contributed by atoms with van der Waals surface area (Å²) < 4.78 is 10.1. The predicted octanol–water partition coefficient (Wildman–Crippen LogP) is 3.40. The first-order valence-corrected chi connectivity index (χ1v) is 7.62. The predicted molar refractivity (Wildman–Crippen MR) is 93.0 cm³/mol. The number of hydrogen-bond donors (Lipinski definition) is 2. The fourth-order valence-electron chi connectivity index (χ4n) is 2.93. The molecule has 0 saturated heterocycles. The number of anilines is 2. The van der Waals surface area contributed by atoms with Crippen molar-refractivity contribution in [3.63, 3.8) is 0 Å². The van der Waals surface area contributed by atoms with Gasteiger partial charge in [0.2, 0.25) is 0 Å². The number of fused-ring (bicyclic) bond motifs is 4. The van der Waals surface area contributed by atoms with Gasteiger partial charge in [-0.2, -0.15) is 0 Å². The highest BCUT2D eigenvalue weighted by Crippen LogP contribution is 2.32. The van der Waals surface area contributed by atoms with Crippen molar-refractivity contribution in [2.24, 2.45) is 0 Å². The first kappa shape index (κ1) is 13.7. The summed E-state index contributed by atoms with van der Waals surface area (Å²) in [5.41, 5.74) is 4.66. The van der Waals surface area contributed by atoms with E-state index < -0.39 is 0 Å². The van der Waals surface area contributed by atoms with Crippen LogP contribution in [0.2, 0.25) is 0 Å². The molecule has 25 heavy (non-hydrogen) atoms. The molecule has 5 rings (SSSR count). The molecule has 0 atom stereocenters. The van der Waals surface area contributed by atoms with E-state index in [4.69, 9.17) is 9.37 Å². The largest absolute Gasteiger partial charge is 0.497 e. The fourth-order valence-corrected chi connectivity index (χ4v) is 2.93. The molecule has 122 valence electrons. The Morgan fingerprint density at radius 2 is 2.04 bits per heavy atom. The van der Waals surface area contributed by atoms with Gasteiger partial charge in [0.05, 0.1) is 12.8 Å². The van der Waals surface area contributed by atoms with Crippen LogP contribution in [0.5, 0.6) is 5.75 Å². The lowest BCUT2D eigenvalue weighted by Gasteiger charge is -2.06. The number of nitrogens with one attached hydrogen (secondary N) is 2. The summed E-state index contributed by atoms with van der Waals surface area (Å²) in [6.07, 6.45) is 1.53. The van der Waals surface area contributed by atoms with Crippen LogP contribution in [0.15, 0.2) is 47.4 Å². The van der Waals surface area contributed by atoms with Gasteiger partial charge in [0.25, 0.3) is 0 Å². The van der Waals surface area contributed by atoms with E-state index in [9.17, 15) is 0 Å². The maximum absolute atomic E-state index is 5.31. The molecule has 0 saturated carbocycles. The van der Waals surface area contributed by atoms with Gasteiger partial charge in [-0.15, -0.1) is 0 Å². The van der Waals surface area contributed by atoms with Crippen LogP contribution in [-0.4, -0.2) is 32.4 Å². The molecule has 3 aromatic heterocycles. The topological polar surface area (TPSA) is 102 Å². The molecule has 0 spiro atoms.